The van der Waals surface area contributed by atoms with Gasteiger partial charge in [0.05, 0.1) is 17.9 Å². The summed E-state index contributed by atoms with van der Waals surface area (Å²) < 4.78 is 5.20. The molecule has 1 aliphatic carbocycles. The fraction of sp³-hybridized carbons (Fsp3) is 0.333. The standard InChI is InChI=1S/C24H24N4O4S/c1-15-4-6-16(7-5-15)21(29)26-24-25-20-17(8-9-19(20)33-24)22(30)27-10-12-28(13-11-27)23(31)18-3-2-14-32-18/h2-7,14,17H,8-13H2,1H3,(H,25,26,29). The molecule has 0 radical (unpaired) electrons. The highest BCUT2D eigenvalue weighted by Crippen LogP contribution is 2.39. The monoisotopic (exact) mass is 464 g/mol. The Hall–Kier alpha value is -3.46. The van der Waals surface area contributed by atoms with Crippen LogP contribution >= 0.6 is 11.3 Å². The number of thiazole rings is 1. The normalized spacial score (nSPS) is 17.7. The predicted molar refractivity (Wildman–Crippen MR) is 123 cm³/mol. The first-order valence-corrected chi connectivity index (χ1v) is 11.8. The van der Waals surface area contributed by atoms with Crippen molar-refractivity contribution in [2.45, 2.75) is 25.7 Å². The van der Waals surface area contributed by atoms with E-state index in [9.17, 15) is 14.4 Å². The number of nitrogens with one attached hydrogen (secondary N) is 1. The number of aromatic nitrogens is 1. The number of amides is 3. The van der Waals surface area contributed by atoms with Gasteiger partial charge in [0, 0.05) is 36.6 Å². The number of carbonyl (C=O) groups excluding carboxylic acids is 3. The fourth-order valence-electron chi connectivity index (χ4n) is 4.30. The van der Waals surface area contributed by atoms with Crippen molar-refractivity contribution in [3.63, 3.8) is 0 Å². The lowest BCUT2D eigenvalue weighted by molar-refractivity contribution is -0.134. The van der Waals surface area contributed by atoms with E-state index in [1.807, 2.05) is 24.0 Å². The van der Waals surface area contributed by atoms with Gasteiger partial charge in [-0.2, -0.15) is 0 Å². The van der Waals surface area contributed by atoms with Crippen LogP contribution in [0, 0.1) is 6.92 Å². The van der Waals surface area contributed by atoms with Gasteiger partial charge in [-0.3, -0.25) is 19.7 Å². The average Bonchev–Trinajstić information content (AvgIpc) is 3.56. The third-order valence-corrected chi connectivity index (χ3v) is 7.21. The molecule has 0 spiro atoms. The van der Waals surface area contributed by atoms with Crippen molar-refractivity contribution in [3.05, 3.63) is 70.1 Å². The summed E-state index contributed by atoms with van der Waals surface area (Å²) in [5.41, 5.74) is 2.44. The smallest absolute Gasteiger partial charge is 0.289 e. The van der Waals surface area contributed by atoms with Gasteiger partial charge < -0.3 is 14.2 Å². The summed E-state index contributed by atoms with van der Waals surface area (Å²) in [5.74, 6) is -0.293. The molecule has 2 aliphatic rings. The Morgan fingerprint density at radius 2 is 1.79 bits per heavy atom. The molecule has 0 saturated carbocycles. The fourth-order valence-corrected chi connectivity index (χ4v) is 5.34. The van der Waals surface area contributed by atoms with E-state index in [0.717, 1.165) is 29.0 Å². The molecule has 1 aromatic carbocycles. The topological polar surface area (TPSA) is 95.8 Å². The number of aryl methyl sites for hydroxylation is 2. The number of piperazine rings is 1. The van der Waals surface area contributed by atoms with Crippen LogP contribution in [-0.4, -0.2) is 58.7 Å². The van der Waals surface area contributed by atoms with Gasteiger partial charge in [0.15, 0.2) is 10.9 Å². The molecule has 3 aromatic rings. The molecule has 1 atom stereocenters. The van der Waals surface area contributed by atoms with Crippen LogP contribution in [-0.2, 0) is 11.2 Å². The zero-order valence-electron chi connectivity index (χ0n) is 18.2. The van der Waals surface area contributed by atoms with Gasteiger partial charge in [-0.25, -0.2) is 4.98 Å². The maximum atomic E-state index is 13.2. The number of hydrogen-bond acceptors (Lipinski definition) is 6. The Bertz CT molecular complexity index is 1180. The van der Waals surface area contributed by atoms with Crippen LogP contribution in [0.2, 0.25) is 0 Å². The molecule has 1 unspecified atom stereocenters. The van der Waals surface area contributed by atoms with Gasteiger partial charge in [0.1, 0.15) is 0 Å². The van der Waals surface area contributed by atoms with Gasteiger partial charge in [-0.15, -0.1) is 11.3 Å². The number of anilines is 1. The molecule has 1 fully saturated rings. The first-order valence-electron chi connectivity index (χ1n) is 11.0. The van der Waals surface area contributed by atoms with Crippen molar-refractivity contribution in [1.29, 1.82) is 0 Å². The molecule has 3 amide bonds. The highest BCUT2D eigenvalue weighted by Gasteiger charge is 2.37. The van der Waals surface area contributed by atoms with Gasteiger partial charge in [0.25, 0.3) is 11.8 Å². The van der Waals surface area contributed by atoms with Crippen LogP contribution in [0.15, 0.2) is 47.1 Å². The summed E-state index contributed by atoms with van der Waals surface area (Å²) in [6, 6.07) is 10.7. The number of carbonyl (C=O) groups is 3. The quantitative estimate of drug-likeness (QED) is 0.639. The van der Waals surface area contributed by atoms with Crippen molar-refractivity contribution in [2.24, 2.45) is 0 Å². The van der Waals surface area contributed by atoms with Crippen molar-refractivity contribution in [3.8, 4) is 0 Å². The molecule has 9 heteroatoms. The first-order chi connectivity index (χ1) is 16.0. The van der Waals surface area contributed by atoms with Crippen LogP contribution < -0.4 is 5.32 Å². The lowest BCUT2D eigenvalue weighted by atomic mass is 10.1. The Morgan fingerprint density at radius 3 is 2.48 bits per heavy atom. The molecule has 3 heterocycles. The average molecular weight is 465 g/mol. The van der Waals surface area contributed by atoms with Gasteiger partial charge in [0.2, 0.25) is 5.91 Å². The van der Waals surface area contributed by atoms with Crippen molar-refractivity contribution in [2.75, 3.05) is 31.5 Å². The third-order valence-electron chi connectivity index (χ3n) is 6.16. The summed E-state index contributed by atoms with van der Waals surface area (Å²) >= 11 is 1.44. The van der Waals surface area contributed by atoms with Gasteiger partial charge in [-0.05, 0) is 44.0 Å². The molecule has 8 nitrogen and oxygen atoms in total. The van der Waals surface area contributed by atoms with Gasteiger partial charge in [-0.1, -0.05) is 17.7 Å². The molecule has 0 bridgehead atoms. The van der Waals surface area contributed by atoms with Gasteiger partial charge >= 0.3 is 0 Å². The summed E-state index contributed by atoms with van der Waals surface area (Å²) in [5, 5.41) is 3.39. The van der Waals surface area contributed by atoms with E-state index in [1.54, 1.807) is 29.2 Å². The van der Waals surface area contributed by atoms with E-state index < -0.39 is 0 Å². The molecule has 1 saturated heterocycles. The van der Waals surface area contributed by atoms with Crippen molar-refractivity contribution in [1.82, 2.24) is 14.8 Å². The van der Waals surface area contributed by atoms with Crippen molar-refractivity contribution < 1.29 is 18.8 Å². The van der Waals surface area contributed by atoms with Crippen LogP contribution in [0.3, 0.4) is 0 Å². The molecule has 5 rings (SSSR count). The minimum absolute atomic E-state index is 0.0422. The van der Waals surface area contributed by atoms with E-state index in [4.69, 9.17) is 4.42 Å². The molecule has 1 aliphatic heterocycles. The van der Waals surface area contributed by atoms with Crippen LogP contribution in [0.1, 0.15) is 49.4 Å². The lowest BCUT2D eigenvalue weighted by Gasteiger charge is -2.35. The third kappa shape index (κ3) is 4.28. The molecule has 33 heavy (non-hydrogen) atoms. The SMILES string of the molecule is Cc1ccc(C(=O)Nc2nc3c(s2)CCC3C(=O)N2CCN(C(=O)c3ccco3)CC2)cc1. The minimum atomic E-state index is -0.298. The highest BCUT2D eigenvalue weighted by atomic mass is 32.1. The summed E-state index contributed by atoms with van der Waals surface area (Å²) in [7, 11) is 0. The van der Waals surface area contributed by atoms with Crippen LogP contribution in [0.4, 0.5) is 5.13 Å². The number of nitrogens with zero attached hydrogens (tertiary/aromatic N) is 3. The Morgan fingerprint density at radius 1 is 1.06 bits per heavy atom. The second-order valence-electron chi connectivity index (χ2n) is 8.33. The van der Waals surface area contributed by atoms with E-state index in [-0.39, 0.29) is 23.6 Å². The first kappa shape index (κ1) is 21.4. The molecular weight excluding hydrogens is 440 g/mol. The zero-order chi connectivity index (χ0) is 22.9. The highest BCUT2D eigenvalue weighted by molar-refractivity contribution is 7.16. The van der Waals surface area contributed by atoms with E-state index in [1.165, 1.54) is 17.6 Å². The number of benzene rings is 1. The molecule has 170 valence electrons. The lowest BCUT2D eigenvalue weighted by Crippen LogP contribution is -2.51. The van der Waals surface area contributed by atoms with Crippen LogP contribution in [0.5, 0.6) is 0 Å². The number of furan rings is 1. The van der Waals surface area contributed by atoms with E-state index in [2.05, 4.69) is 10.3 Å². The minimum Gasteiger partial charge on any atom is -0.459 e. The van der Waals surface area contributed by atoms with E-state index in [0.29, 0.717) is 42.6 Å². The van der Waals surface area contributed by atoms with Crippen LogP contribution in [0.25, 0.3) is 0 Å². The Kier molecular flexibility index (Phi) is 5.72. The maximum Gasteiger partial charge on any atom is 0.289 e. The second-order valence-corrected chi connectivity index (χ2v) is 9.42. The largest absolute Gasteiger partial charge is 0.459 e. The van der Waals surface area contributed by atoms with Crippen molar-refractivity contribution >= 4 is 34.2 Å². The number of hydrogen-bond donors (Lipinski definition) is 1. The number of rotatable bonds is 4. The zero-order valence-corrected chi connectivity index (χ0v) is 19.1. The molecular formula is C24H24N4O4S. The second kappa shape index (κ2) is 8.82. The Balaban J connectivity index is 1.21. The maximum absolute atomic E-state index is 13.2. The Labute approximate surface area is 195 Å². The summed E-state index contributed by atoms with van der Waals surface area (Å²) in [4.78, 5) is 47.4. The molecule has 1 N–H and O–H groups in total. The predicted octanol–water partition coefficient (Wildman–Crippen LogP) is 3.31. The van der Waals surface area contributed by atoms with E-state index >= 15 is 0 Å². The number of fused-ring (bicyclic) bond motifs is 1. The summed E-state index contributed by atoms with van der Waals surface area (Å²) in [6.07, 6.45) is 2.99. The molecule has 2 aromatic heterocycles. The summed E-state index contributed by atoms with van der Waals surface area (Å²) in [6.45, 7) is 3.89.